The van der Waals surface area contributed by atoms with E-state index in [9.17, 15) is 5.11 Å². The summed E-state index contributed by atoms with van der Waals surface area (Å²) < 4.78 is 5.63. The van der Waals surface area contributed by atoms with Crippen LogP contribution in [0.1, 0.15) is 19.3 Å². The average Bonchev–Trinajstić information content (AvgIpc) is 2.68. The lowest BCUT2D eigenvalue weighted by Crippen LogP contribution is -2.30. The van der Waals surface area contributed by atoms with Crippen LogP contribution in [0.3, 0.4) is 0 Å². The lowest BCUT2D eigenvalue weighted by Gasteiger charge is -2.27. The molecule has 1 aromatic carbocycles. The first-order chi connectivity index (χ1) is 13.1. The zero-order chi connectivity index (χ0) is 19.1. The maximum absolute atomic E-state index is 9.86. The van der Waals surface area contributed by atoms with E-state index in [0.717, 1.165) is 30.3 Å². The molecule has 0 saturated carbocycles. The predicted molar refractivity (Wildman–Crippen MR) is 108 cm³/mol. The van der Waals surface area contributed by atoms with Gasteiger partial charge in [0.15, 0.2) is 0 Å². The summed E-state index contributed by atoms with van der Waals surface area (Å²) in [5, 5.41) is 13.1. The molecule has 1 aliphatic heterocycles. The molecule has 7 heteroatoms. The van der Waals surface area contributed by atoms with Crippen LogP contribution in [-0.2, 0) is 0 Å². The number of hydrogen-bond donors (Lipinski definition) is 2. The Morgan fingerprint density at radius 3 is 2.59 bits per heavy atom. The highest BCUT2D eigenvalue weighted by Crippen LogP contribution is 2.21. The van der Waals surface area contributed by atoms with Gasteiger partial charge in [0, 0.05) is 31.5 Å². The number of aliphatic hydroxyl groups excluding tert-OH is 1. The number of likely N-dealkylation sites (N-methyl/N-ethyl adjacent to an activating group) is 1. The second-order valence-electron chi connectivity index (χ2n) is 7.16. The van der Waals surface area contributed by atoms with Crippen molar-refractivity contribution in [2.24, 2.45) is 0 Å². The summed E-state index contributed by atoms with van der Waals surface area (Å²) in [6.45, 7) is 2.96. The van der Waals surface area contributed by atoms with Crippen LogP contribution >= 0.6 is 0 Å². The van der Waals surface area contributed by atoms with Gasteiger partial charge in [0.25, 0.3) is 0 Å². The predicted octanol–water partition coefficient (Wildman–Crippen LogP) is 2.51. The van der Waals surface area contributed by atoms with Gasteiger partial charge in [-0.2, -0.15) is 4.98 Å². The number of anilines is 3. The van der Waals surface area contributed by atoms with Gasteiger partial charge in [0.2, 0.25) is 5.95 Å². The molecule has 0 spiro atoms. The van der Waals surface area contributed by atoms with E-state index in [0.29, 0.717) is 12.5 Å². The summed E-state index contributed by atoms with van der Waals surface area (Å²) >= 11 is 0. The Balaban J connectivity index is 1.55. The van der Waals surface area contributed by atoms with Crippen molar-refractivity contribution in [3.05, 3.63) is 36.5 Å². The molecule has 3 rings (SSSR count). The first-order valence-corrected chi connectivity index (χ1v) is 9.51. The lowest BCUT2D eigenvalue weighted by atomic mass is 10.1. The largest absolute Gasteiger partial charge is 0.491 e. The molecule has 1 fully saturated rings. The molecule has 2 aromatic rings. The fourth-order valence-electron chi connectivity index (χ4n) is 3.14. The number of piperidine rings is 1. The Kier molecular flexibility index (Phi) is 6.84. The Hall–Kier alpha value is -2.38. The number of hydrogen-bond acceptors (Lipinski definition) is 7. The number of ether oxygens (including phenoxy) is 1. The summed E-state index contributed by atoms with van der Waals surface area (Å²) in [5.74, 6) is 2.29. The molecule has 0 bridgehead atoms. The number of nitrogens with zero attached hydrogens (tertiary/aromatic N) is 4. The molecule has 0 aliphatic carbocycles. The highest BCUT2D eigenvalue weighted by molar-refractivity contribution is 5.56. The Morgan fingerprint density at radius 1 is 1.15 bits per heavy atom. The van der Waals surface area contributed by atoms with Crippen LogP contribution in [0.4, 0.5) is 17.5 Å². The normalized spacial score (nSPS) is 15.6. The smallest absolute Gasteiger partial charge is 0.229 e. The number of rotatable bonds is 8. The maximum atomic E-state index is 9.86. The molecule has 1 saturated heterocycles. The van der Waals surface area contributed by atoms with E-state index in [1.54, 1.807) is 6.20 Å². The molecule has 1 unspecified atom stereocenters. The van der Waals surface area contributed by atoms with Gasteiger partial charge in [-0.25, -0.2) is 4.98 Å². The quantitative estimate of drug-likeness (QED) is 0.738. The number of aromatic nitrogens is 2. The maximum Gasteiger partial charge on any atom is 0.229 e. The molecule has 1 aromatic heterocycles. The summed E-state index contributed by atoms with van der Waals surface area (Å²) in [6.07, 6.45) is 5.02. The molecule has 2 N–H and O–H groups in total. The first kappa shape index (κ1) is 19.4. The highest BCUT2D eigenvalue weighted by Gasteiger charge is 2.13. The summed E-state index contributed by atoms with van der Waals surface area (Å²) in [5.41, 5.74) is 0.895. The van der Waals surface area contributed by atoms with E-state index in [4.69, 9.17) is 4.74 Å². The molecule has 7 nitrogen and oxygen atoms in total. The van der Waals surface area contributed by atoms with E-state index in [1.807, 2.05) is 49.3 Å². The molecule has 0 amide bonds. The minimum absolute atomic E-state index is 0.270. The van der Waals surface area contributed by atoms with Gasteiger partial charge in [0.05, 0.1) is 0 Å². The van der Waals surface area contributed by atoms with E-state index in [-0.39, 0.29) is 6.61 Å². The highest BCUT2D eigenvalue weighted by atomic mass is 16.5. The minimum atomic E-state index is -0.510. The third-order valence-corrected chi connectivity index (χ3v) is 4.45. The number of nitrogens with one attached hydrogen (secondary N) is 1. The van der Waals surface area contributed by atoms with Crippen molar-refractivity contribution in [3.63, 3.8) is 0 Å². The van der Waals surface area contributed by atoms with Crippen molar-refractivity contribution < 1.29 is 9.84 Å². The van der Waals surface area contributed by atoms with Gasteiger partial charge in [-0.1, -0.05) is 0 Å². The van der Waals surface area contributed by atoms with Crippen LogP contribution < -0.4 is 15.0 Å². The Morgan fingerprint density at radius 2 is 1.89 bits per heavy atom. The zero-order valence-electron chi connectivity index (χ0n) is 16.1. The van der Waals surface area contributed by atoms with Crippen molar-refractivity contribution >= 4 is 17.5 Å². The van der Waals surface area contributed by atoms with Crippen LogP contribution in [0, 0.1) is 0 Å². The van der Waals surface area contributed by atoms with Crippen LogP contribution in [0.25, 0.3) is 0 Å². The third-order valence-electron chi connectivity index (χ3n) is 4.45. The van der Waals surface area contributed by atoms with Gasteiger partial charge in [-0.3, -0.25) is 0 Å². The fraction of sp³-hybridized carbons (Fsp3) is 0.500. The van der Waals surface area contributed by atoms with E-state index < -0.39 is 6.10 Å². The van der Waals surface area contributed by atoms with Crippen LogP contribution in [-0.4, -0.2) is 66.4 Å². The summed E-state index contributed by atoms with van der Waals surface area (Å²) in [7, 11) is 3.85. The van der Waals surface area contributed by atoms with Gasteiger partial charge in [-0.15, -0.1) is 0 Å². The zero-order valence-corrected chi connectivity index (χ0v) is 16.1. The van der Waals surface area contributed by atoms with Gasteiger partial charge >= 0.3 is 0 Å². The van der Waals surface area contributed by atoms with Crippen LogP contribution in [0.5, 0.6) is 5.75 Å². The molecule has 2 heterocycles. The SMILES string of the molecule is CN(C)CC(O)COc1ccc(Nc2nccc(N3CCCCC3)n2)cc1. The monoisotopic (exact) mass is 371 g/mol. The Bertz CT molecular complexity index is 702. The second-order valence-corrected chi connectivity index (χ2v) is 7.16. The molecular formula is C20H29N5O2. The molecule has 146 valence electrons. The van der Waals surface area contributed by atoms with E-state index in [2.05, 4.69) is 20.2 Å². The third kappa shape index (κ3) is 6.08. The van der Waals surface area contributed by atoms with Crippen LogP contribution in [0.2, 0.25) is 0 Å². The van der Waals surface area contributed by atoms with Crippen molar-refractivity contribution in [2.45, 2.75) is 25.4 Å². The lowest BCUT2D eigenvalue weighted by molar-refractivity contribution is 0.0831. The number of aliphatic hydroxyl groups is 1. The standard InChI is InChI=1S/C20H29N5O2/c1-24(2)14-17(26)15-27-18-8-6-16(7-9-18)22-20-21-11-10-19(23-20)25-12-4-3-5-13-25/h6-11,17,26H,3-5,12-15H2,1-2H3,(H,21,22,23). The van der Waals surface area contributed by atoms with Gasteiger partial charge in [0.1, 0.15) is 24.3 Å². The molecule has 1 aliphatic rings. The Labute approximate surface area is 161 Å². The van der Waals surface area contributed by atoms with E-state index in [1.165, 1.54) is 19.3 Å². The van der Waals surface area contributed by atoms with Crippen LogP contribution in [0.15, 0.2) is 36.5 Å². The summed E-state index contributed by atoms with van der Waals surface area (Å²) in [6, 6.07) is 9.56. The molecular weight excluding hydrogens is 342 g/mol. The number of benzene rings is 1. The first-order valence-electron chi connectivity index (χ1n) is 9.51. The molecule has 27 heavy (non-hydrogen) atoms. The topological polar surface area (TPSA) is 73.8 Å². The molecule has 0 radical (unpaired) electrons. The van der Waals surface area contributed by atoms with Gasteiger partial charge in [-0.05, 0) is 63.7 Å². The van der Waals surface area contributed by atoms with Crippen molar-refractivity contribution in [1.29, 1.82) is 0 Å². The fourth-order valence-corrected chi connectivity index (χ4v) is 3.14. The molecule has 1 atom stereocenters. The second kappa shape index (κ2) is 9.53. The van der Waals surface area contributed by atoms with E-state index >= 15 is 0 Å². The minimum Gasteiger partial charge on any atom is -0.491 e. The van der Waals surface area contributed by atoms with Gasteiger partial charge < -0.3 is 25.0 Å². The average molecular weight is 371 g/mol. The summed E-state index contributed by atoms with van der Waals surface area (Å²) in [4.78, 5) is 13.2. The van der Waals surface area contributed by atoms with Crippen molar-refractivity contribution in [2.75, 3.05) is 50.6 Å². The van der Waals surface area contributed by atoms with Crippen molar-refractivity contribution in [3.8, 4) is 5.75 Å². The van der Waals surface area contributed by atoms with Crippen molar-refractivity contribution in [1.82, 2.24) is 14.9 Å².